The predicted octanol–water partition coefficient (Wildman–Crippen LogP) is 8.26. The molecule has 2 aliphatic rings. The van der Waals surface area contributed by atoms with Crippen LogP contribution in [0, 0.1) is 23.3 Å². The largest absolute Gasteiger partial charge is 0.493 e. The average Bonchev–Trinajstić information content (AvgIpc) is 3.48. The van der Waals surface area contributed by atoms with Gasteiger partial charge in [0.05, 0.1) is 22.4 Å². The van der Waals surface area contributed by atoms with E-state index < -0.39 is 10.1 Å². The van der Waals surface area contributed by atoms with Crippen molar-refractivity contribution in [3.05, 3.63) is 122 Å². The maximum atomic E-state index is 12.9. The fraction of sp³-hybridized carbons (Fsp3) is 0.206. The number of hydrogen-bond donors (Lipinski definition) is 1. The Morgan fingerprint density at radius 3 is 2.43 bits per heavy atom. The van der Waals surface area contributed by atoms with Gasteiger partial charge in [-0.3, -0.25) is 4.99 Å². The van der Waals surface area contributed by atoms with Gasteiger partial charge in [0.25, 0.3) is 0 Å². The van der Waals surface area contributed by atoms with Crippen LogP contribution in [0.5, 0.6) is 11.5 Å². The molecule has 1 heterocycles. The van der Waals surface area contributed by atoms with E-state index in [-0.39, 0.29) is 16.7 Å². The Kier molecular flexibility index (Phi) is 7.85. The molecule has 8 heteroatoms. The van der Waals surface area contributed by atoms with E-state index in [4.69, 9.17) is 8.92 Å². The molecule has 1 aliphatic carbocycles. The fourth-order valence-electron chi connectivity index (χ4n) is 5.72. The van der Waals surface area contributed by atoms with Gasteiger partial charge in [0.15, 0.2) is 11.5 Å². The average molecular weight is 691 g/mol. The second-order valence-corrected chi connectivity index (χ2v) is 13.5. The summed E-state index contributed by atoms with van der Waals surface area (Å²) in [6.07, 6.45) is 7.47. The van der Waals surface area contributed by atoms with Gasteiger partial charge >= 0.3 is 10.1 Å². The second-order valence-electron chi connectivity index (χ2n) is 10.8. The van der Waals surface area contributed by atoms with Gasteiger partial charge in [0.2, 0.25) is 0 Å². The van der Waals surface area contributed by atoms with Gasteiger partial charge in [-0.15, -0.1) is 0 Å². The normalized spacial score (nSPS) is 19.3. The number of rotatable bonds is 7. The summed E-state index contributed by atoms with van der Waals surface area (Å²) in [4.78, 5) is 4.76. The molecule has 0 unspecified atom stereocenters. The SMILES string of the molecule is COc1cc(C=Nc2ccc([C@@H]3Nc4ccc(C)cc4[C@@H]4C=CC[C@H]43)cc2)cc(I)c1OS(=O)(=O)c1ccc(C)cc1. The maximum Gasteiger partial charge on any atom is 0.339 e. The summed E-state index contributed by atoms with van der Waals surface area (Å²) in [6.45, 7) is 4.04. The Labute approximate surface area is 260 Å². The van der Waals surface area contributed by atoms with Crippen LogP contribution in [-0.4, -0.2) is 21.7 Å². The molecule has 1 N–H and O–H groups in total. The number of ether oxygens (including phenoxy) is 1. The van der Waals surface area contributed by atoms with Crippen LogP contribution in [-0.2, 0) is 10.1 Å². The van der Waals surface area contributed by atoms with Crippen LogP contribution in [0.25, 0.3) is 0 Å². The molecular formula is C34H31IN2O4S. The number of fused-ring (bicyclic) bond motifs is 3. The number of aliphatic imine (C=N–C) groups is 1. The van der Waals surface area contributed by atoms with E-state index in [1.807, 2.05) is 25.1 Å². The Bertz CT molecular complexity index is 1800. The predicted molar refractivity (Wildman–Crippen MR) is 176 cm³/mol. The highest BCUT2D eigenvalue weighted by molar-refractivity contribution is 14.1. The molecule has 0 radical (unpaired) electrons. The number of halogens is 1. The van der Waals surface area contributed by atoms with Gasteiger partial charge in [-0.05, 0) is 108 Å². The minimum atomic E-state index is -4.02. The van der Waals surface area contributed by atoms with Crippen LogP contribution in [0.2, 0.25) is 0 Å². The number of benzene rings is 4. The Morgan fingerprint density at radius 1 is 0.952 bits per heavy atom. The zero-order valence-corrected chi connectivity index (χ0v) is 26.5. The molecule has 6 rings (SSSR count). The molecule has 0 saturated heterocycles. The number of nitrogens with zero attached hydrogens (tertiary/aromatic N) is 1. The summed E-state index contributed by atoms with van der Waals surface area (Å²) >= 11 is 2.05. The molecule has 0 aromatic heterocycles. The monoisotopic (exact) mass is 690 g/mol. The summed E-state index contributed by atoms with van der Waals surface area (Å²) in [5.74, 6) is 1.38. The number of anilines is 1. The molecule has 0 saturated carbocycles. The molecular weight excluding hydrogens is 659 g/mol. The van der Waals surface area contributed by atoms with Crippen LogP contribution in [0.4, 0.5) is 11.4 Å². The van der Waals surface area contributed by atoms with Gasteiger partial charge in [0.1, 0.15) is 4.90 Å². The highest BCUT2D eigenvalue weighted by Gasteiger charge is 2.37. The van der Waals surface area contributed by atoms with Crippen molar-refractivity contribution in [1.29, 1.82) is 0 Å². The van der Waals surface area contributed by atoms with Crippen LogP contribution in [0.15, 0.2) is 101 Å². The smallest absolute Gasteiger partial charge is 0.339 e. The number of methoxy groups -OCH3 is 1. The topological polar surface area (TPSA) is 77.0 Å². The van der Waals surface area contributed by atoms with E-state index in [1.165, 1.54) is 41.6 Å². The first-order valence-electron chi connectivity index (χ1n) is 13.8. The Morgan fingerprint density at radius 2 is 1.69 bits per heavy atom. The summed E-state index contributed by atoms with van der Waals surface area (Å²) in [5.41, 5.74) is 7.68. The van der Waals surface area contributed by atoms with E-state index in [0.717, 1.165) is 23.2 Å². The first-order valence-corrected chi connectivity index (χ1v) is 16.3. The summed E-state index contributed by atoms with van der Waals surface area (Å²) in [6, 6.07) is 25.3. The highest BCUT2D eigenvalue weighted by Crippen LogP contribution is 2.50. The lowest BCUT2D eigenvalue weighted by Gasteiger charge is -2.37. The number of hydrogen-bond acceptors (Lipinski definition) is 6. The molecule has 0 bridgehead atoms. The molecule has 6 nitrogen and oxygen atoms in total. The van der Waals surface area contributed by atoms with Crippen molar-refractivity contribution in [2.75, 3.05) is 12.4 Å². The lowest BCUT2D eigenvalue weighted by atomic mass is 9.76. The molecule has 214 valence electrons. The molecule has 42 heavy (non-hydrogen) atoms. The van der Waals surface area contributed by atoms with E-state index >= 15 is 0 Å². The molecule has 0 amide bonds. The van der Waals surface area contributed by atoms with Crippen molar-refractivity contribution in [2.24, 2.45) is 10.9 Å². The van der Waals surface area contributed by atoms with Gasteiger partial charge < -0.3 is 14.2 Å². The highest BCUT2D eigenvalue weighted by atomic mass is 127. The number of aryl methyl sites for hydroxylation is 2. The lowest BCUT2D eigenvalue weighted by Crippen LogP contribution is -2.29. The molecule has 4 aromatic rings. The quantitative estimate of drug-likeness (QED) is 0.0915. The molecule has 1 aliphatic heterocycles. The maximum absolute atomic E-state index is 12.9. The van der Waals surface area contributed by atoms with Crippen molar-refractivity contribution in [1.82, 2.24) is 0 Å². The van der Waals surface area contributed by atoms with Crippen LogP contribution >= 0.6 is 22.6 Å². The van der Waals surface area contributed by atoms with Crippen molar-refractivity contribution in [3.63, 3.8) is 0 Å². The van der Waals surface area contributed by atoms with Crippen molar-refractivity contribution in [2.45, 2.75) is 37.1 Å². The lowest BCUT2D eigenvalue weighted by molar-refractivity contribution is 0.389. The van der Waals surface area contributed by atoms with Crippen molar-refractivity contribution in [3.8, 4) is 11.5 Å². The first-order chi connectivity index (χ1) is 20.2. The zero-order chi connectivity index (χ0) is 29.4. The van der Waals surface area contributed by atoms with E-state index in [9.17, 15) is 8.42 Å². The summed E-state index contributed by atoms with van der Waals surface area (Å²) in [5, 5.41) is 3.79. The van der Waals surface area contributed by atoms with Gasteiger partial charge in [-0.1, -0.05) is 59.7 Å². The molecule has 0 fully saturated rings. The number of allylic oxidation sites excluding steroid dienone is 2. The van der Waals surface area contributed by atoms with Crippen LogP contribution in [0.3, 0.4) is 0 Å². The third-order valence-electron chi connectivity index (χ3n) is 7.89. The Balaban J connectivity index is 1.20. The number of nitrogens with one attached hydrogen (secondary N) is 1. The minimum absolute atomic E-state index is 0.0856. The molecule has 4 aromatic carbocycles. The molecule has 3 atom stereocenters. The first kappa shape index (κ1) is 28.5. The van der Waals surface area contributed by atoms with Crippen LogP contribution in [0.1, 0.15) is 46.2 Å². The Hall–Kier alpha value is -3.63. The summed E-state index contributed by atoms with van der Waals surface area (Å²) < 4.78 is 37.4. The zero-order valence-electron chi connectivity index (χ0n) is 23.5. The van der Waals surface area contributed by atoms with Crippen molar-refractivity contribution >= 4 is 50.3 Å². The standard InChI is InChI=1S/C34H31IN2O4S/c1-21-7-14-26(15-8-21)42(38,39)41-34-30(35)18-23(19-32(34)40-3)20-36-25-12-10-24(11-13-25)33-28-6-4-5-27(28)29-17-22(2)9-16-31(29)37-33/h4-5,7-20,27-28,33,37H,6H2,1-3H3/t27-,28-,33+/m1/s1. The summed E-state index contributed by atoms with van der Waals surface area (Å²) in [7, 11) is -2.53. The second kappa shape index (κ2) is 11.6. The van der Waals surface area contributed by atoms with Crippen LogP contribution < -0.4 is 14.2 Å². The van der Waals surface area contributed by atoms with E-state index in [0.29, 0.717) is 21.2 Å². The van der Waals surface area contributed by atoms with E-state index in [2.05, 4.69) is 82.3 Å². The fourth-order valence-corrected chi connectivity index (χ4v) is 7.56. The van der Waals surface area contributed by atoms with Gasteiger partial charge in [-0.25, -0.2) is 0 Å². The minimum Gasteiger partial charge on any atom is -0.493 e. The van der Waals surface area contributed by atoms with Crippen molar-refractivity contribution < 1.29 is 17.3 Å². The molecule has 0 spiro atoms. The third-order valence-corrected chi connectivity index (χ3v) is 9.92. The van der Waals surface area contributed by atoms with Gasteiger partial charge in [0, 0.05) is 17.8 Å². The van der Waals surface area contributed by atoms with Gasteiger partial charge in [-0.2, -0.15) is 8.42 Å². The van der Waals surface area contributed by atoms with E-state index in [1.54, 1.807) is 24.4 Å². The third kappa shape index (κ3) is 5.70.